The summed E-state index contributed by atoms with van der Waals surface area (Å²) in [6.07, 6.45) is 4.88. The van der Waals surface area contributed by atoms with E-state index in [0.717, 1.165) is 66.7 Å². The Morgan fingerprint density at radius 3 is 1.75 bits per heavy atom. The van der Waals surface area contributed by atoms with Crippen LogP contribution in [-0.2, 0) is 37.5 Å². The standard InChI is InChI=1S/C64H55N4O3.Ni/c1-62(2,3)42-24-20-38(21-25-42)53-47-30-32-49(65-47)54(39-22-26-43(27-23-39)63(4,5)6)57-41(36-69)34-51(67-57)58-60(71-61(70)40-18-14-11-15-19-40)56-52(37-16-12-10-13-17-37)46-35-44(64(7,8)9)28-29-45(46)55(59(56)68-58)50-33-31-48(53)66-50;/h10-36H,1-9H3,(H-,65,66,67,68,69);/q-1;+2/p-1. The van der Waals surface area contributed by atoms with E-state index >= 15 is 0 Å². The molecule has 0 radical (unpaired) electrons. The zero-order chi connectivity index (χ0) is 49.6. The summed E-state index contributed by atoms with van der Waals surface area (Å²) in [6.45, 7) is 19.8. The first-order valence-electron chi connectivity index (χ1n) is 24.3. The quantitative estimate of drug-likeness (QED) is 0.0939. The number of hydrogen-bond donors (Lipinski definition) is 0. The van der Waals surface area contributed by atoms with Crippen molar-refractivity contribution in [2.75, 3.05) is 0 Å². The van der Waals surface area contributed by atoms with E-state index in [4.69, 9.17) is 24.7 Å². The van der Waals surface area contributed by atoms with Crippen molar-refractivity contribution < 1.29 is 30.8 Å². The summed E-state index contributed by atoms with van der Waals surface area (Å²) in [5.41, 5.74) is 12.2. The Morgan fingerprint density at radius 2 is 1.14 bits per heavy atom. The van der Waals surface area contributed by atoms with Crippen LogP contribution in [-0.4, -0.2) is 18.0 Å². The van der Waals surface area contributed by atoms with Crippen LogP contribution in [0.1, 0.15) is 128 Å². The Bertz CT molecular complexity index is 3890. The van der Waals surface area contributed by atoms with Crippen molar-refractivity contribution in [2.45, 2.75) is 78.6 Å². The van der Waals surface area contributed by atoms with Crippen LogP contribution in [0.3, 0.4) is 0 Å². The number of fused-ring (bicyclic) bond motifs is 9. The molecule has 0 unspecified atom stereocenters. The number of ether oxygens (including phenoxy) is 1. The maximum Gasteiger partial charge on any atom is 2.00 e. The first kappa shape index (κ1) is 48.0. The normalized spacial score (nSPS) is 14.2. The van der Waals surface area contributed by atoms with Gasteiger partial charge in [0.05, 0.1) is 33.6 Å². The van der Waals surface area contributed by atoms with Crippen LogP contribution in [0, 0.1) is 10.6 Å². The van der Waals surface area contributed by atoms with E-state index in [0.29, 0.717) is 55.8 Å². The van der Waals surface area contributed by atoms with Gasteiger partial charge >= 0.3 is 22.5 Å². The van der Waals surface area contributed by atoms with Crippen molar-refractivity contribution in [2.24, 2.45) is 9.98 Å². The van der Waals surface area contributed by atoms with Gasteiger partial charge in [-0.15, -0.1) is 22.1 Å². The Morgan fingerprint density at radius 1 is 0.556 bits per heavy atom. The van der Waals surface area contributed by atoms with Gasteiger partial charge in [-0.3, -0.25) is 4.79 Å². The molecule has 0 N–H and O–H groups in total. The third-order valence-electron chi connectivity index (χ3n) is 13.9. The molecule has 358 valence electrons. The minimum Gasteiger partial charge on any atom is -0.657 e. The number of benzene rings is 6. The van der Waals surface area contributed by atoms with Crippen molar-refractivity contribution in [1.82, 2.24) is 9.97 Å². The van der Waals surface area contributed by atoms with Crippen LogP contribution >= 0.6 is 0 Å². The Kier molecular flexibility index (Phi) is 11.9. The van der Waals surface area contributed by atoms with Gasteiger partial charge in [-0.2, -0.15) is 0 Å². The number of aromatic nitrogens is 2. The number of nitrogens with zero attached hydrogens (tertiary/aromatic N) is 4. The van der Waals surface area contributed by atoms with Gasteiger partial charge in [-0.25, -0.2) is 14.8 Å². The molecule has 8 bridgehead atoms. The van der Waals surface area contributed by atoms with Crippen molar-refractivity contribution >= 4 is 51.3 Å². The maximum atomic E-state index is 14.6. The van der Waals surface area contributed by atoms with Crippen molar-refractivity contribution in [1.29, 1.82) is 0 Å². The van der Waals surface area contributed by atoms with Gasteiger partial charge in [0, 0.05) is 5.56 Å². The molecule has 8 aromatic rings. The summed E-state index contributed by atoms with van der Waals surface area (Å²) in [4.78, 5) is 50.0. The molecule has 0 saturated heterocycles. The molecule has 0 spiro atoms. The molecule has 5 heterocycles. The number of allylic oxidation sites excluding steroid dienone is 2. The van der Waals surface area contributed by atoms with Gasteiger partial charge in [-0.1, -0.05) is 190 Å². The summed E-state index contributed by atoms with van der Waals surface area (Å²) in [5, 5.41) is 4.70. The molecule has 2 aromatic heterocycles. The molecule has 0 aliphatic carbocycles. The third-order valence-corrected chi connectivity index (χ3v) is 13.9. The van der Waals surface area contributed by atoms with Gasteiger partial charge in [0.1, 0.15) is 6.29 Å². The predicted molar refractivity (Wildman–Crippen MR) is 286 cm³/mol. The molecule has 3 aliphatic heterocycles. The van der Waals surface area contributed by atoms with Gasteiger partial charge in [0.25, 0.3) is 0 Å². The van der Waals surface area contributed by atoms with Crippen LogP contribution in [0.4, 0.5) is 0 Å². The van der Waals surface area contributed by atoms with E-state index in [1.807, 2.05) is 48.6 Å². The second-order valence-electron chi connectivity index (χ2n) is 21.8. The fourth-order valence-electron chi connectivity index (χ4n) is 9.95. The van der Waals surface area contributed by atoms with Crippen molar-refractivity contribution in [3.05, 3.63) is 241 Å². The minimum atomic E-state index is -0.549. The van der Waals surface area contributed by atoms with Gasteiger partial charge in [-0.05, 0) is 113 Å². The molecule has 72 heavy (non-hydrogen) atoms. The van der Waals surface area contributed by atoms with E-state index in [1.165, 1.54) is 11.1 Å². The smallest absolute Gasteiger partial charge is 0.657 e. The van der Waals surface area contributed by atoms with Crippen LogP contribution in [0.25, 0.3) is 44.5 Å². The summed E-state index contributed by atoms with van der Waals surface area (Å²) in [5.74, 6) is -0.305. The third kappa shape index (κ3) is 8.37. The molecule has 11 rings (SSSR count). The van der Waals surface area contributed by atoms with Crippen LogP contribution in [0.5, 0.6) is 0 Å². The SMILES string of the molecule is CC(C)(C)c1ccc(C2=C3C=CC(=N3)C(c3ccc(C(C)(C)C)cc3)=c3ccc([n-]3)=c3c4c(c(-c5ccccc5)c5cc(C(C)(C)C)ccc35)C(OC(=O)c3ccccc3)=C(N=4)c3cc(C=O)c2[n-]3)cc1.[Ni+2]. The summed E-state index contributed by atoms with van der Waals surface area (Å²) in [7, 11) is 0. The van der Waals surface area contributed by atoms with Crippen LogP contribution < -0.4 is 20.7 Å². The maximum absolute atomic E-state index is 14.6. The average molecular weight is 986 g/mol. The predicted octanol–water partition coefficient (Wildman–Crippen LogP) is 12.7. The first-order valence-corrected chi connectivity index (χ1v) is 24.3. The number of aliphatic imine (C=N–C) groups is 1. The zero-order valence-electron chi connectivity index (χ0n) is 41.9. The fourth-order valence-corrected chi connectivity index (χ4v) is 9.95. The average Bonchev–Trinajstić information content (AvgIpc) is 4.18. The molecule has 7 nitrogen and oxygen atoms in total. The fraction of sp³-hybridized carbons (Fsp3) is 0.188. The molecule has 3 aliphatic rings. The number of esters is 1. The van der Waals surface area contributed by atoms with Crippen LogP contribution in [0.2, 0.25) is 0 Å². The number of carbonyl (C=O) groups excluding carboxylic acids is 2. The Hall–Kier alpha value is -7.67. The summed E-state index contributed by atoms with van der Waals surface area (Å²) in [6, 6.07) is 48.8. The van der Waals surface area contributed by atoms with E-state index in [1.54, 1.807) is 18.2 Å². The Labute approximate surface area is 430 Å². The molecule has 0 atom stereocenters. The zero-order valence-corrected chi connectivity index (χ0v) is 42.9. The van der Waals surface area contributed by atoms with E-state index in [-0.39, 0.29) is 38.5 Å². The topological polar surface area (TPSA) is 96.3 Å². The van der Waals surface area contributed by atoms with E-state index < -0.39 is 5.97 Å². The number of carbonyl (C=O) groups is 2. The molecular weight excluding hydrogens is 931 g/mol. The monoisotopic (exact) mass is 984 g/mol. The molecule has 6 aromatic carbocycles. The molecule has 0 saturated carbocycles. The largest absolute Gasteiger partial charge is 2.00 e. The molecular formula is C64H54N4NiO3. The number of hydrogen-bond acceptors (Lipinski definition) is 5. The summed E-state index contributed by atoms with van der Waals surface area (Å²) >= 11 is 0. The Balaban J connectivity index is 0.00000596. The van der Waals surface area contributed by atoms with E-state index in [9.17, 15) is 9.59 Å². The van der Waals surface area contributed by atoms with Gasteiger partial charge in [0.2, 0.25) is 0 Å². The second kappa shape index (κ2) is 17.9. The van der Waals surface area contributed by atoms with Crippen molar-refractivity contribution in [3.8, 4) is 11.1 Å². The number of aldehydes is 1. The van der Waals surface area contributed by atoms with Crippen LogP contribution in [0.15, 0.2) is 173 Å². The summed E-state index contributed by atoms with van der Waals surface area (Å²) < 4.78 is 6.73. The first-order chi connectivity index (χ1) is 34.0. The molecule has 8 heteroatoms. The van der Waals surface area contributed by atoms with Crippen molar-refractivity contribution in [3.63, 3.8) is 0 Å². The van der Waals surface area contributed by atoms with Gasteiger partial charge in [0.15, 0.2) is 5.76 Å². The second-order valence-corrected chi connectivity index (χ2v) is 21.8. The molecule has 0 amide bonds. The molecule has 0 fully saturated rings. The number of rotatable bonds is 6. The van der Waals surface area contributed by atoms with E-state index in [2.05, 4.69) is 153 Å². The minimum absolute atomic E-state index is 0. The van der Waals surface area contributed by atoms with Gasteiger partial charge < -0.3 is 14.7 Å².